The molecule has 2 unspecified atom stereocenters. The number of hydrogen-bond donors (Lipinski definition) is 0. The first kappa shape index (κ1) is 19.3. The molecule has 142 valence electrons. The maximum Gasteiger partial charge on any atom is 0.241 e. The van der Waals surface area contributed by atoms with Crippen molar-refractivity contribution in [2.75, 3.05) is 14.2 Å². The van der Waals surface area contributed by atoms with Gasteiger partial charge in [-0.05, 0) is 43.3 Å². The van der Waals surface area contributed by atoms with Crippen molar-refractivity contribution in [1.29, 1.82) is 0 Å². The minimum absolute atomic E-state index is 0.0338. The fraction of sp³-hybridized carbons (Fsp3) is 0.850. The molecule has 4 rings (SSSR count). The lowest BCUT2D eigenvalue weighted by molar-refractivity contribution is -0.298. The van der Waals surface area contributed by atoms with Crippen LogP contribution in [0, 0.1) is 17.3 Å². The maximum atomic E-state index is 13.2. The molecule has 4 nitrogen and oxygen atoms in total. The van der Waals surface area contributed by atoms with Crippen LogP contribution in [0.3, 0.4) is 0 Å². The lowest BCUT2D eigenvalue weighted by atomic mass is 9.49. The van der Waals surface area contributed by atoms with E-state index in [4.69, 9.17) is 13.9 Å². The van der Waals surface area contributed by atoms with Crippen molar-refractivity contribution in [3.63, 3.8) is 0 Å². The van der Waals surface area contributed by atoms with Crippen LogP contribution in [0.4, 0.5) is 0 Å². The second-order valence-electron chi connectivity index (χ2n) is 9.52. The lowest BCUT2D eigenvalue weighted by Crippen LogP contribution is -2.72. The largest absolute Gasteiger partial charge is 0.413 e. The zero-order chi connectivity index (χ0) is 18.7. The molecule has 4 atom stereocenters. The first-order valence-electron chi connectivity index (χ1n) is 9.57. The molecule has 0 saturated heterocycles. The average Bonchev–Trinajstić information content (AvgIpc) is 2.54. The minimum atomic E-state index is -1.98. The quantitative estimate of drug-likeness (QED) is 0.422. The number of methoxy groups -OCH3 is 2. The summed E-state index contributed by atoms with van der Waals surface area (Å²) in [5.74, 6) is -0.841. The predicted molar refractivity (Wildman–Crippen MR) is 101 cm³/mol. The summed E-state index contributed by atoms with van der Waals surface area (Å²) in [7, 11) is 1.24. The molecule has 5 heteroatoms. The van der Waals surface area contributed by atoms with Crippen molar-refractivity contribution in [2.45, 2.75) is 76.5 Å². The number of ketones is 1. The van der Waals surface area contributed by atoms with Crippen LogP contribution in [-0.4, -0.2) is 40.2 Å². The molecule has 0 radical (unpaired) electrons. The summed E-state index contributed by atoms with van der Waals surface area (Å²) in [4.78, 5) is 13.2. The van der Waals surface area contributed by atoms with Gasteiger partial charge in [0.2, 0.25) is 5.79 Å². The monoisotopic (exact) mass is 366 g/mol. The van der Waals surface area contributed by atoms with Crippen LogP contribution in [0.5, 0.6) is 0 Å². The number of ether oxygens (including phenoxy) is 2. The van der Waals surface area contributed by atoms with E-state index in [-0.39, 0.29) is 22.8 Å². The molecule has 4 aliphatic carbocycles. The smallest absolute Gasteiger partial charge is 0.241 e. The molecule has 0 heterocycles. The molecule has 0 amide bonds. The van der Waals surface area contributed by atoms with Crippen LogP contribution in [0.1, 0.15) is 46.5 Å². The van der Waals surface area contributed by atoms with Gasteiger partial charge in [0.25, 0.3) is 0 Å². The van der Waals surface area contributed by atoms with Crippen molar-refractivity contribution in [3.8, 4) is 0 Å². The number of carbonyl (C=O) groups is 1. The topological polar surface area (TPSA) is 44.8 Å². The van der Waals surface area contributed by atoms with Gasteiger partial charge in [-0.15, -0.1) is 0 Å². The Balaban J connectivity index is 2.09. The Bertz CT molecular complexity index is 573. The third-order valence-electron chi connectivity index (χ3n) is 7.42. The van der Waals surface area contributed by atoms with E-state index in [0.717, 1.165) is 25.7 Å². The molecule has 0 aromatic heterocycles. The normalized spacial score (nSPS) is 37.2. The van der Waals surface area contributed by atoms with Gasteiger partial charge < -0.3 is 13.9 Å². The van der Waals surface area contributed by atoms with Crippen LogP contribution >= 0.6 is 0 Å². The van der Waals surface area contributed by atoms with Gasteiger partial charge in [-0.1, -0.05) is 39.3 Å². The molecule has 1 spiro atoms. The average molecular weight is 367 g/mol. The second kappa shape index (κ2) is 6.01. The van der Waals surface area contributed by atoms with Crippen LogP contribution in [-0.2, 0) is 18.7 Å². The molecular weight excluding hydrogens is 332 g/mol. The Morgan fingerprint density at radius 3 is 2.36 bits per heavy atom. The number of hydrogen-bond acceptors (Lipinski definition) is 4. The van der Waals surface area contributed by atoms with Crippen LogP contribution < -0.4 is 0 Å². The number of carbonyl (C=O) groups excluding carboxylic acids is 1. The molecule has 0 aromatic carbocycles. The summed E-state index contributed by atoms with van der Waals surface area (Å²) in [6.07, 6.45) is 8.39. The fourth-order valence-electron chi connectivity index (χ4n) is 5.08. The molecule has 2 bridgehead atoms. The molecule has 4 aliphatic rings. The summed E-state index contributed by atoms with van der Waals surface area (Å²) in [5.41, 5.74) is -0.504. The van der Waals surface area contributed by atoms with Gasteiger partial charge in [-0.3, -0.25) is 4.79 Å². The predicted octanol–water partition coefficient (Wildman–Crippen LogP) is 4.31. The molecule has 25 heavy (non-hydrogen) atoms. The van der Waals surface area contributed by atoms with E-state index in [0.29, 0.717) is 5.92 Å². The van der Waals surface area contributed by atoms with Gasteiger partial charge in [0.1, 0.15) is 0 Å². The Hall–Kier alpha value is -0.493. The highest BCUT2D eigenvalue weighted by atomic mass is 28.4. The highest BCUT2D eigenvalue weighted by Crippen LogP contribution is 2.62. The number of fused-ring (bicyclic) bond motifs is 1. The highest BCUT2D eigenvalue weighted by Gasteiger charge is 2.71. The maximum absolute atomic E-state index is 13.2. The first-order valence-corrected chi connectivity index (χ1v) is 12.5. The van der Waals surface area contributed by atoms with E-state index in [1.54, 1.807) is 14.2 Å². The van der Waals surface area contributed by atoms with Gasteiger partial charge in [-0.25, -0.2) is 0 Å². The van der Waals surface area contributed by atoms with Crippen molar-refractivity contribution in [1.82, 2.24) is 0 Å². The van der Waals surface area contributed by atoms with E-state index in [1.165, 1.54) is 0 Å². The Kier molecular flexibility index (Phi) is 4.63. The third kappa shape index (κ3) is 2.46. The zero-order valence-corrected chi connectivity index (χ0v) is 17.8. The lowest BCUT2D eigenvalue weighted by Gasteiger charge is -2.62. The summed E-state index contributed by atoms with van der Waals surface area (Å²) in [6, 6.07) is 0. The zero-order valence-electron chi connectivity index (χ0n) is 16.8. The van der Waals surface area contributed by atoms with E-state index in [2.05, 4.69) is 46.0 Å². The number of Topliss-reactive ketones (excluding diaryl/α,β-unsaturated/α-hetero) is 1. The van der Waals surface area contributed by atoms with E-state index in [1.807, 2.05) is 0 Å². The highest BCUT2D eigenvalue weighted by molar-refractivity contribution is 6.74. The van der Waals surface area contributed by atoms with Crippen molar-refractivity contribution in [2.24, 2.45) is 17.3 Å². The van der Waals surface area contributed by atoms with E-state index >= 15 is 0 Å². The van der Waals surface area contributed by atoms with Gasteiger partial charge in [0.05, 0.1) is 11.5 Å². The fourth-order valence-corrected chi connectivity index (χ4v) is 6.45. The minimum Gasteiger partial charge on any atom is -0.413 e. The molecule has 0 aliphatic heterocycles. The first-order chi connectivity index (χ1) is 11.6. The van der Waals surface area contributed by atoms with E-state index < -0.39 is 19.5 Å². The summed E-state index contributed by atoms with van der Waals surface area (Å²) in [6.45, 7) is 11.4. The van der Waals surface area contributed by atoms with Gasteiger partial charge in [-0.2, -0.15) is 0 Å². The second-order valence-corrected chi connectivity index (χ2v) is 14.3. The standard InChI is InChI=1S/C20H34O4Si/c1-18(2,3)25(6,7)24-16-10-8-9-15-13-14-11-12-19(15,16)20(22-4,23-5)17(14)21/h11-12,14-16H,8-10,13H2,1-7H3/t14?,15-,16-,19?/m0/s1. The van der Waals surface area contributed by atoms with Crippen LogP contribution in [0.25, 0.3) is 0 Å². The molecule has 0 aromatic rings. The SMILES string of the molecule is COC1(OC)C(=O)C2C=CC13[C@@H](CCC[C@@H]3O[Si](C)(C)C(C)(C)C)C2. The molecule has 2 saturated carbocycles. The van der Waals surface area contributed by atoms with Gasteiger partial charge in [0, 0.05) is 20.1 Å². The van der Waals surface area contributed by atoms with Gasteiger partial charge >= 0.3 is 0 Å². The Morgan fingerprint density at radius 1 is 1.16 bits per heavy atom. The number of rotatable bonds is 4. The van der Waals surface area contributed by atoms with Crippen molar-refractivity contribution < 1.29 is 18.7 Å². The van der Waals surface area contributed by atoms with Crippen molar-refractivity contribution >= 4 is 14.1 Å². The van der Waals surface area contributed by atoms with Gasteiger partial charge in [0.15, 0.2) is 14.1 Å². The molecule has 2 fully saturated rings. The summed E-state index contributed by atoms with van der Waals surface area (Å²) >= 11 is 0. The van der Waals surface area contributed by atoms with Crippen LogP contribution in [0.15, 0.2) is 12.2 Å². The summed E-state index contributed by atoms with van der Waals surface area (Å²) < 4.78 is 18.7. The van der Waals surface area contributed by atoms with Crippen LogP contribution in [0.2, 0.25) is 18.1 Å². The number of allylic oxidation sites excluding steroid dienone is 1. The Morgan fingerprint density at radius 2 is 1.80 bits per heavy atom. The van der Waals surface area contributed by atoms with E-state index in [9.17, 15) is 4.79 Å². The molecular formula is C20H34O4Si. The van der Waals surface area contributed by atoms with Crippen molar-refractivity contribution in [3.05, 3.63) is 12.2 Å². The Labute approximate surface area is 153 Å². The molecule has 0 N–H and O–H groups in total. The third-order valence-corrected chi connectivity index (χ3v) is 11.9. The summed E-state index contributed by atoms with van der Waals surface area (Å²) in [5, 5.41) is 0.124.